The average molecular weight is 326 g/mol. The minimum absolute atomic E-state index is 0.0359. The summed E-state index contributed by atoms with van der Waals surface area (Å²) in [6, 6.07) is 5.86. The van der Waals surface area contributed by atoms with E-state index in [1.165, 1.54) is 5.57 Å². The molecule has 4 nitrogen and oxygen atoms in total. The van der Waals surface area contributed by atoms with E-state index in [0.29, 0.717) is 0 Å². The van der Waals surface area contributed by atoms with Gasteiger partial charge in [-0.25, -0.2) is 0 Å². The third-order valence-electron chi connectivity index (χ3n) is 5.48. The largest absolute Gasteiger partial charge is 0.550 e. The van der Waals surface area contributed by atoms with E-state index in [1.807, 2.05) is 45.9 Å². The number of amides is 1. The first-order valence-corrected chi connectivity index (χ1v) is 8.57. The van der Waals surface area contributed by atoms with Crippen molar-refractivity contribution >= 4 is 17.6 Å². The number of anilines is 1. The number of hydrogen-bond donors (Lipinski definition) is 1. The molecule has 2 saturated carbocycles. The van der Waals surface area contributed by atoms with Crippen molar-refractivity contribution in [2.24, 2.45) is 23.7 Å². The third kappa shape index (κ3) is 2.74. The van der Waals surface area contributed by atoms with Gasteiger partial charge in [-0.15, -0.1) is 0 Å². The van der Waals surface area contributed by atoms with E-state index in [9.17, 15) is 14.7 Å². The third-order valence-corrected chi connectivity index (χ3v) is 5.48. The standard InChI is InChI=1S/C20H25NO3/c1-10(2)16-14-5-6-15(16)18(20(23)24)17(14)19(22)21-13-8-11(3)7-12(4)9-13/h7-9,14-15,17-18H,5-6H2,1-4H3,(H,21,22)(H,23,24)/p-1/t14-,15-,17+,18+/m1/s1. The highest BCUT2D eigenvalue weighted by Crippen LogP contribution is 2.57. The lowest BCUT2D eigenvalue weighted by Crippen LogP contribution is -2.43. The van der Waals surface area contributed by atoms with E-state index in [0.717, 1.165) is 35.2 Å². The van der Waals surface area contributed by atoms with Crippen LogP contribution in [0.15, 0.2) is 29.3 Å². The van der Waals surface area contributed by atoms with Crippen molar-refractivity contribution in [2.45, 2.75) is 40.5 Å². The van der Waals surface area contributed by atoms with Gasteiger partial charge < -0.3 is 15.2 Å². The number of benzene rings is 1. The van der Waals surface area contributed by atoms with Crippen LogP contribution in [-0.4, -0.2) is 11.9 Å². The molecule has 2 aliphatic carbocycles. The Morgan fingerprint density at radius 2 is 1.54 bits per heavy atom. The Morgan fingerprint density at radius 1 is 1.00 bits per heavy atom. The summed E-state index contributed by atoms with van der Waals surface area (Å²) in [5.41, 5.74) is 5.19. The second-order valence-electron chi connectivity index (χ2n) is 7.48. The van der Waals surface area contributed by atoms with Crippen LogP contribution in [0.25, 0.3) is 0 Å². The van der Waals surface area contributed by atoms with Gasteiger partial charge in [0.1, 0.15) is 0 Å². The molecule has 0 aromatic heterocycles. The van der Waals surface area contributed by atoms with Gasteiger partial charge in [-0.3, -0.25) is 4.79 Å². The fourth-order valence-electron chi connectivity index (χ4n) is 4.86. The number of rotatable bonds is 3. The van der Waals surface area contributed by atoms with Crippen LogP contribution in [0.3, 0.4) is 0 Å². The molecule has 1 amide bonds. The van der Waals surface area contributed by atoms with E-state index < -0.39 is 17.8 Å². The Kier molecular flexibility index (Phi) is 4.24. The molecule has 0 spiro atoms. The Hall–Kier alpha value is -2.10. The summed E-state index contributed by atoms with van der Waals surface area (Å²) in [7, 11) is 0. The molecule has 0 radical (unpaired) electrons. The number of carbonyl (C=O) groups is 2. The summed E-state index contributed by atoms with van der Waals surface area (Å²) >= 11 is 0. The molecule has 24 heavy (non-hydrogen) atoms. The summed E-state index contributed by atoms with van der Waals surface area (Å²) in [4.78, 5) is 24.6. The van der Waals surface area contributed by atoms with Gasteiger partial charge in [-0.05, 0) is 75.6 Å². The first-order chi connectivity index (χ1) is 11.3. The molecule has 2 bridgehead atoms. The van der Waals surface area contributed by atoms with Crippen molar-refractivity contribution in [2.75, 3.05) is 5.32 Å². The molecule has 1 aromatic rings. The molecule has 0 heterocycles. The summed E-state index contributed by atoms with van der Waals surface area (Å²) in [6.45, 7) is 7.98. The summed E-state index contributed by atoms with van der Waals surface area (Å²) in [5, 5.41) is 14.7. The monoisotopic (exact) mass is 326 g/mol. The molecule has 0 unspecified atom stereocenters. The number of carboxylic acid groups (broad SMARTS) is 1. The molecule has 128 valence electrons. The number of nitrogens with one attached hydrogen (secondary N) is 1. The molecule has 4 heteroatoms. The number of carbonyl (C=O) groups excluding carboxylic acids is 2. The van der Waals surface area contributed by atoms with Gasteiger partial charge in [0.2, 0.25) is 5.91 Å². The lowest BCUT2D eigenvalue weighted by Gasteiger charge is -2.30. The highest BCUT2D eigenvalue weighted by Gasteiger charge is 2.54. The molecule has 2 aliphatic rings. The fraction of sp³-hybridized carbons (Fsp3) is 0.500. The first-order valence-electron chi connectivity index (χ1n) is 8.57. The van der Waals surface area contributed by atoms with Crippen molar-refractivity contribution < 1.29 is 14.7 Å². The minimum atomic E-state index is -1.10. The summed E-state index contributed by atoms with van der Waals surface area (Å²) < 4.78 is 0. The topological polar surface area (TPSA) is 69.2 Å². The number of aryl methyl sites for hydroxylation is 2. The van der Waals surface area contributed by atoms with Crippen LogP contribution < -0.4 is 10.4 Å². The van der Waals surface area contributed by atoms with Gasteiger partial charge in [-0.2, -0.15) is 0 Å². The highest BCUT2D eigenvalue weighted by atomic mass is 16.4. The molecular formula is C20H24NO3-. The lowest BCUT2D eigenvalue weighted by atomic mass is 9.78. The van der Waals surface area contributed by atoms with E-state index in [-0.39, 0.29) is 17.7 Å². The Balaban J connectivity index is 1.91. The zero-order valence-corrected chi connectivity index (χ0v) is 14.7. The van der Waals surface area contributed by atoms with Gasteiger partial charge in [-0.1, -0.05) is 17.2 Å². The summed E-state index contributed by atoms with van der Waals surface area (Å²) in [5.74, 6) is -2.53. The van der Waals surface area contributed by atoms with Gasteiger partial charge in [0.15, 0.2) is 0 Å². The fourth-order valence-corrected chi connectivity index (χ4v) is 4.86. The normalized spacial score (nSPS) is 28.1. The maximum absolute atomic E-state index is 12.9. The zero-order valence-electron chi connectivity index (χ0n) is 14.7. The van der Waals surface area contributed by atoms with Crippen LogP contribution in [0.4, 0.5) is 5.69 Å². The Morgan fingerprint density at radius 3 is 2.04 bits per heavy atom. The molecule has 3 rings (SSSR count). The number of fused-ring (bicyclic) bond motifs is 2. The van der Waals surface area contributed by atoms with E-state index in [4.69, 9.17) is 0 Å². The maximum atomic E-state index is 12.9. The van der Waals surface area contributed by atoms with E-state index >= 15 is 0 Å². The van der Waals surface area contributed by atoms with Crippen LogP contribution >= 0.6 is 0 Å². The van der Waals surface area contributed by atoms with Gasteiger partial charge in [0.05, 0.1) is 5.92 Å². The van der Waals surface area contributed by atoms with Crippen molar-refractivity contribution in [3.05, 3.63) is 40.5 Å². The number of aliphatic carboxylic acids is 1. The first kappa shape index (κ1) is 16.7. The second kappa shape index (κ2) is 6.08. The average Bonchev–Trinajstić information content (AvgIpc) is 3.01. The molecule has 4 atom stereocenters. The number of allylic oxidation sites excluding steroid dienone is 2. The molecule has 1 N–H and O–H groups in total. The second-order valence-corrected chi connectivity index (χ2v) is 7.48. The van der Waals surface area contributed by atoms with Crippen LogP contribution in [0, 0.1) is 37.5 Å². The quantitative estimate of drug-likeness (QED) is 0.868. The van der Waals surface area contributed by atoms with Crippen LogP contribution in [-0.2, 0) is 9.59 Å². The van der Waals surface area contributed by atoms with Crippen LogP contribution in [0.5, 0.6) is 0 Å². The van der Waals surface area contributed by atoms with Crippen molar-refractivity contribution in [1.29, 1.82) is 0 Å². The SMILES string of the molecule is CC(C)=C1[C@H]2CC[C@H]1[C@H](C(=O)Nc1cc(C)cc(C)c1)[C@H]2C(=O)[O-]. The predicted octanol–water partition coefficient (Wildman–Crippen LogP) is 2.60. The molecule has 0 saturated heterocycles. The number of hydrogen-bond acceptors (Lipinski definition) is 3. The highest BCUT2D eigenvalue weighted by molar-refractivity contribution is 5.96. The minimum Gasteiger partial charge on any atom is -0.550 e. The smallest absolute Gasteiger partial charge is 0.228 e. The lowest BCUT2D eigenvalue weighted by molar-refractivity contribution is -0.314. The van der Waals surface area contributed by atoms with Gasteiger partial charge in [0, 0.05) is 17.6 Å². The van der Waals surface area contributed by atoms with Gasteiger partial charge in [0.25, 0.3) is 0 Å². The molecule has 0 aliphatic heterocycles. The number of carboxylic acids is 1. The Labute approximate surface area is 143 Å². The summed E-state index contributed by atoms with van der Waals surface area (Å²) in [6.07, 6.45) is 1.73. The van der Waals surface area contributed by atoms with E-state index in [1.54, 1.807) is 0 Å². The predicted molar refractivity (Wildman–Crippen MR) is 91.1 cm³/mol. The van der Waals surface area contributed by atoms with Crippen molar-refractivity contribution in [1.82, 2.24) is 0 Å². The zero-order chi connectivity index (χ0) is 17.6. The van der Waals surface area contributed by atoms with Crippen LogP contribution in [0.2, 0.25) is 0 Å². The van der Waals surface area contributed by atoms with Crippen molar-refractivity contribution in [3.8, 4) is 0 Å². The Bertz CT molecular complexity index is 710. The van der Waals surface area contributed by atoms with Crippen LogP contribution in [0.1, 0.15) is 37.8 Å². The molecular weight excluding hydrogens is 302 g/mol. The van der Waals surface area contributed by atoms with E-state index in [2.05, 4.69) is 5.32 Å². The molecule has 1 aromatic carbocycles. The van der Waals surface area contributed by atoms with Crippen molar-refractivity contribution in [3.63, 3.8) is 0 Å². The van der Waals surface area contributed by atoms with Gasteiger partial charge >= 0.3 is 0 Å². The maximum Gasteiger partial charge on any atom is 0.228 e. The molecule has 2 fully saturated rings.